The number of hydrogen-bond acceptors (Lipinski definition) is 4. The SMILES string of the molecule is CN(C(=O)CN1CCN(CC2(C)CCNC2)CC1)C1CCCCC1.Cl. The highest BCUT2D eigenvalue weighted by atomic mass is 35.5. The second-order valence-electron chi connectivity index (χ2n) is 8.59. The fraction of sp³-hybridized carbons (Fsp3) is 0.947. The summed E-state index contributed by atoms with van der Waals surface area (Å²) in [4.78, 5) is 19.6. The fourth-order valence-electron chi connectivity index (χ4n) is 4.62. The van der Waals surface area contributed by atoms with E-state index < -0.39 is 0 Å². The van der Waals surface area contributed by atoms with Gasteiger partial charge in [-0.3, -0.25) is 9.69 Å². The van der Waals surface area contributed by atoms with Gasteiger partial charge in [-0.2, -0.15) is 0 Å². The van der Waals surface area contributed by atoms with E-state index in [9.17, 15) is 4.79 Å². The lowest BCUT2D eigenvalue weighted by molar-refractivity contribution is -0.134. The van der Waals surface area contributed by atoms with Crippen molar-refractivity contribution in [1.82, 2.24) is 20.0 Å². The van der Waals surface area contributed by atoms with Crippen LogP contribution in [-0.2, 0) is 4.79 Å². The number of likely N-dealkylation sites (N-methyl/N-ethyl adjacent to an activating group) is 1. The average molecular weight is 373 g/mol. The van der Waals surface area contributed by atoms with Gasteiger partial charge in [-0.05, 0) is 31.2 Å². The summed E-state index contributed by atoms with van der Waals surface area (Å²) in [5, 5.41) is 3.49. The van der Waals surface area contributed by atoms with Crippen LogP contribution >= 0.6 is 12.4 Å². The third kappa shape index (κ3) is 5.81. The molecule has 0 bridgehead atoms. The zero-order valence-electron chi connectivity index (χ0n) is 16.1. The van der Waals surface area contributed by atoms with E-state index in [1.54, 1.807) is 0 Å². The predicted molar refractivity (Wildman–Crippen MR) is 105 cm³/mol. The molecular formula is C19H37ClN4O. The largest absolute Gasteiger partial charge is 0.342 e. The Morgan fingerprint density at radius 3 is 2.36 bits per heavy atom. The van der Waals surface area contributed by atoms with Crippen LogP contribution in [0.1, 0.15) is 45.4 Å². The Balaban J connectivity index is 0.00000225. The van der Waals surface area contributed by atoms with Gasteiger partial charge in [-0.1, -0.05) is 26.2 Å². The normalized spacial score (nSPS) is 29.4. The van der Waals surface area contributed by atoms with Gasteiger partial charge in [0.25, 0.3) is 0 Å². The van der Waals surface area contributed by atoms with Crippen molar-refractivity contribution >= 4 is 18.3 Å². The smallest absolute Gasteiger partial charge is 0.236 e. The Morgan fingerprint density at radius 1 is 1.12 bits per heavy atom. The van der Waals surface area contributed by atoms with Crippen LogP contribution < -0.4 is 5.32 Å². The lowest BCUT2D eigenvalue weighted by Gasteiger charge is -2.39. The van der Waals surface area contributed by atoms with Crippen molar-refractivity contribution < 1.29 is 4.79 Å². The number of piperazine rings is 1. The molecule has 3 fully saturated rings. The zero-order valence-corrected chi connectivity index (χ0v) is 17.0. The first-order valence-corrected chi connectivity index (χ1v) is 9.97. The Kier molecular flexibility index (Phi) is 7.99. The van der Waals surface area contributed by atoms with Gasteiger partial charge in [0.2, 0.25) is 5.91 Å². The molecule has 1 saturated carbocycles. The van der Waals surface area contributed by atoms with Crippen LogP contribution in [0, 0.1) is 5.41 Å². The van der Waals surface area contributed by atoms with Gasteiger partial charge in [-0.25, -0.2) is 0 Å². The van der Waals surface area contributed by atoms with Gasteiger partial charge in [0.15, 0.2) is 0 Å². The van der Waals surface area contributed by atoms with Gasteiger partial charge in [0.05, 0.1) is 6.54 Å². The van der Waals surface area contributed by atoms with Crippen molar-refractivity contribution in [3.05, 3.63) is 0 Å². The Labute approximate surface area is 159 Å². The number of hydrogen-bond donors (Lipinski definition) is 1. The third-order valence-corrected chi connectivity index (χ3v) is 6.40. The highest BCUT2D eigenvalue weighted by Crippen LogP contribution is 2.26. The number of amides is 1. The predicted octanol–water partition coefficient (Wildman–Crippen LogP) is 1.82. The summed E-state index contributed by atoms with van der Waals surface area (Å²) in [6.45, 7) is 10.8. The van der Waals surface area contributed by atoms with Gasteiger partial charge in [0.1, 0.15) is 0 Å². The van der Waals surface area contributed by atoms with Crippen LogP contribution in [0.25, 0.3) is 0 Å². The maximum Gasteiger partial charge on any atom is 0.236 e. The topological polar surface area (TPSA) is 38.8 Å². The summed E-state index contributed by atoms with van der Waals surface area (Å²) in [5.74, 6) is 0.322. The molecule has 146 valence electrons. The summed E-state index contributed by atoms with van der Waals surface area (Å²) < 4.78 is 0. The van der Waals surface area contributed by atoms with E-state index in [-0.39, 0.29) is 12.4 Å². The summed E-state index contributed by atoms with van der Waals surface area (Å²) in [6.07, 6.45) is 7.60. The van der Waals surface area contributed by atoms with Gasteiger partial charge < -0.3 is 15.1 Å². The molecule has 1 atom stereocenters. The number of carbonyl (C=O) groups excluding carboxylic acids is 1. The lowest BCUT2D eigenvalue weighted by atomic mass is 9.89. The first-order valence-electron chi connectivity index (χ1n) is 9.97. The number of carbonyl (C=O) groups is 1. The Hall–Kier alpha value is -0.360. The molecule has 5 nitrogen and oxygen atoms in total. The molecule has 0 aromatic rings. The zero-order chi connectivity index (χ0) is 17.0. The molecule has 1 amide bonds. The minimum atomic E-state index is 0. The molecule has 3 rings (SSSR count). The Bertz CT molecular complexity index is 414. The standard InChI is InChI=1S/C19H36N4O.ClH/c1-19(8-9-20-15-19)16-23-12-10-22(11-13-23)14-18(24)21(2)17-6-4-3-5-7-17;/h17,20H,3-16H2,1-2H3;1H. The van der Waals surface area contributed by atoms with E-state index >= 15 is 0 Å². The molecule has 1 unspecified atom stereocenters. The first-order chi connectivity index (χ1) is 11.6. The van der Waals surface area contributed by atoms with E-state index in [1.807, 2.05) is 11.9 Å². The van der Waals surface area contributed by atoms with Crippen molar-refractivity contribution in [2.24, 2.45) is 5.41 Å². The van der Waals surface area contributed by atoms with Crippen LogP contribution in [0.5, 0.6) is 0 Å². The third-order valence-electron chi connectivity index (χ3n) is 6.40. The molecule has 25 heavy (non-hydrogen) atoms. The van der Waals surface area contributed by atoms with Gasteiger partial charge in [0, 0.05) is 52.4 Å². The minimum Gasteiger partial charge on any atom is -0.342 e. The summed E-state index contributed by atoms with van der Waals surface area (Å²) in [5.41, 5.74) is 0.444. The molecule has 6 heteroatoms. The highest BCUT2D eigenvalue weighted by Gasteiger charge is 2.32. The summed E-state index contributed by atoms with van der Waals surface area (Å²) >= 11 is 0. The molecule has 2 aliphatic heterocycles. The van der Waals surface area contributed by atoms with Crippen molar-refractivity contribution in [2.45, 2.75) is 51.5 Å². The Morgan fingerprint density at radius 2 is 1.76 bits per heavy atom. The molecule has 1 N–H and O–H groups in total. The number of rotatable bonds is 5. The molecule has 0 radical (unpaired) electrons. The molecule has 1 aliphatic carbocycles. The van der Waals surface area contributed by atoms with Crippen LogP contribution in [0.3, 0.4) is 0 Å². The van der Waals surface area contributed by atoms with Crippen LogP contribution in [0.15, 0.2) is 0 Å². The van der Waals surface area contributed by atoms with Crippen LogP contribution in [0.2, 0.25) is 0 Å². The van der Waals surface area contributed by atoms with E-state index in [2.05, 4.69) is 22.0 Å². The molecular weight excluding hydrogens is 336 g/mol. The number of halogens is 1. The van der Waals surface area contributed by atoms with Crippen molar-refractivity contribution in [1.29, 1.82) is 0 Å². The lowest BCUT2D eigenvalue weighted by Crippen LogP contribution is -2.52. The molecule has 2 heterocycles. The van der Waals surface area contributed by atoms with E-state index in [0.29, 0.717) is 23.9 Å². The fourth-order valence-corrected chi connectivity index (χ4v) is 4.62. The van der Waals surface area contributed by atoms with Crippen LogP contribution in [0.4, 0.5) is 0 Å². The quantitative estimate of drug-likeness (QED) is 0.799. The second kappa shape index (κ2) is 9.54. The van der Waals surface area contributed by atoms with E-state index in [1.165, 1.54) is 51.6 Å². The average Bonchev–Trinajstić information content (AvgIpc) is 3.03. The van der Waals surface area contributed by atoms with Gasteiger partial charge >= 0.3 is 0 Å². The van der Waals surface area contributed by atoms with Crippen molar-refractivity contribution in [3.63, 3.8) is 0 Å². The van der Waals surface area contributed by atoms with E-state index in [4.69, 9.17) is 0 Å². The molecule has 0 aromatic heterocycles. The minimum absolute atomic E-state index is 0. The molecule has 3 aliphatic rings. The van der Waals surface area contributed by atoms with Crippen molar-refractivity contribution in [3.8, 4) is 0 Å². The van der Waals surface area contributed by atoms with E-state index in [0.717, 1.165) is 32.7 Å². The summed E-state index contributed by atoms with van der Waals surface area (Å²) in [6, 6.07) is 0.488. The first kappa shape index (κ1) is 20.9. The maximum absolute atomic E-state index is 12.6. The number of nitrogens with zero attached hydrogens (tertiary/aromatic N) is 3. The van der Waals surface area contributed by atoms with Crippen molar-refractivity contribution in [2.75, 3.05) is 59.4 Å². The number of nitrogens with one attached hydrogen (secondary N) is 1. The second-order valence-corrected chi connectivity index (χ2v) is 8.59. The summed E-state index contributed by atoms with van der Waals surface area (Å²) in [7, 11) is 2.02. The van der Waals surface area contributed by atoms with Gasteiger partial charge in [-0.15, -0.1) is 12.4 Å². The monoisotopic (exact) mass is 372 g/mol. The highest BCUT2D eigenvalue weighted by molar-refractivity contribution is 5.85. The molecule has 2 saturated heterocycles. The van der Waals surface area contributed by atoms with Crippen LogP contribution in [-0.4, -0.2) is 86.1 Å². The molecule has 0 spiro atoms. The maximum atomic E-state index is 12.6. The molecule has 0 aromatic carbocycles.